The van der Waals surface area contributed by atoms with Crippen LogP contribution in [0.1, 0.15) is 19.3 Å². The molecule has 0 aromatic carbocycles. The fourth-order valence-electron chi connectivity index (χ4n) is 1.71. The first-order valence-electron chi connectivity index (χ1n) is 5.33. The first-order valence-corrected chi connectivity index (χ1v) is 5.33. The minimum atomic E-state index is -0.232. The number of hydrogen-bond acceptors (Lipinski definition) is 4. The molecule has 1 fully saturated rings. The van der Waals surface area contributed by atoms with Gasteiger partial charge in [-0.2, -0.15) is 0 Å². The van der Waals surface area contributed by atoms with Gasteiger partial charge in [-0.05, 0) is 19.3 Å². The summed E-state index contributed by atoms with van der Waals surface area (Å²) in [7, 11) is 0. The molecule has 1 saturated carbocycles. The van der Waals surface area contributed by atoms with Crippen LogP contribution in [-0.4, -0.2) is 21.1 Å². The van der Waals surface area contributed by atoms with Gasteiger partial charge < -0.3 is 9.72 Å². The van der Waals surface area contributed by atoms with Crippen LogP contribution in [0.4, 0.5) is 0 Å². The lowest BCUT2D eigenvalue weighted by Crippen LogP contribution is -2.25. The largest absolute Gasteiger partial charge is 0.488 e. The Hall–Kier alpha value is -1.91. The normalized spacial score (nSPS) is 16.0. The second-order valence-corrected chi connectivity index (χ2v) is 3.91. The Balaban J connectivity index is 2.09. The van der Waals surface area contributed by atoms with Crippen LogP contribution in [0, 0.1) is 0 Å². The van der Waals surface area contributed by atoms with Crippen LogP contribution in [0.3, 0.4) is 0 Å². The standard InChI is InChI=1S/C11H11N3O2/c15-11-10-9(13-6-14-11)8(4-5-12-10)16-7-2-1-3-7/h4-7H,1-3H2,(H,13,14,15). The molecular weight excluding hydrogens is 206 g/mol. The molecule has 2 heterocycles. The maximum absolute atomic E-state index is 11.5. The lowest BCUT2D eigenvalue weighted by Gasteiger charge is -2.26. The van der Waals surface area contributed by atoms with E-state index in [1.54, 1.807) is 12.3 Å². The summed E-state index contributed by atoms with van der Waals surface area (Å²) in [5.41, 5.74) is 0.640. The number of nitrogens with zero attached hydrogens (tertiary/aromatic N) is 2. The highest BCUT2D eigenvalue weighted by Gasteiger charge is 2.20. The summed E-state index contributed by atoms with van der Waals surface area (Å²) in [6.45, 7) is 0. The van der Waals surface area contributed by atoms with Crippen LogP contribution in [0.25, 0.3) is 11.0 Å². The van der Waals surface area contributed by atoms with Crippen molar-refractivity contribution in [3.63, 3.8) is 0 Å². The highest BCUT2D eigenvalue weighted by molar-refractivity contribution is 5.79. The number of aromatic amines is 1. The van der Waals surface area contributed by atoms with E-state index in [1.807, 2.05) is 0 Å². The van der Waals surface area contributed by atoms with Crippen LogP contribution in [0.15, 0.2) is 23.4 Å². The van der Waals surface area contributed by atoms with Crippen LogP contribution in [0.2, 0.25) is 0 Å². The Bertz CT molecular complexity index is 575. The number of nitrogens with one attached hydrogen (secondary N) is 1. The van der Waals surface area contributed by atoms with Gasteiger partial charge in [-0.25, -0.2) is 9.97 Å². The summed E-state index contributed by atoms with van der Waals surface area (Å²) in [5, 5.41) is 0. The smallest absolute Gasteiger partial charge is 0.277 e. The van der Waals surface area contributed by atoms with Crippen molar-refractivity contribution in [3.8, 4) is 5.75 Å². The number of ether oxygens (including phenoxy) is 1. The molecule has 0 amide bonds. The van der Waals surface area contributed by atoms with Crippen molar-refractivity contribution in [1.29, 1.82) is 0 Å². The average Bonchev–Trinajstić information content (AvgIpc) is 2.24. The Morgan fingerprint density at radius 3 is 2.94 bits per heavy atom. The molecule has 16 heavy (non-hydrogen) atoms. The summed E-state index contributed by atoms with van der Waals surface area (Å²) >= 11 is 0. The topological polar surface area (TPSA) is 67.9 Å². The first-order chi connectivity index (χ1) is 7.84. The third-order valence-electron chi connectivity index (χ3n) is 2.84. The van der Waals surface area contributed by atoms with Gasteiger partial charge in [0.2, 0.25) is 0 Å². The van der Waals surface area contributed by atoms with E-state index in [2.05, 4.69) is 15.0 Å². The van der Waals surface area contributed by atoms with E-state index >= 15 is 0 Å². The van der Waals surface area contributed by atoms with E-state index in [4.69, 9.17) is 4.74 Å². The van der Waals surface area contributed by atoms with Crippen molar-refractivity contribution in [2.75, 3.05) is 0 Å². The molecule has 5 heteroatoms. The quantitative estimate of drug-likeness (QED) is 0.822. The van der Waals surface area contributed by atoms with Gasteiger partial charge in [0.05, 0.1) is 12.4 Å². The van der Waals surface area contributed by atoms with E-state index in [0.29, 0.717) is 16.8 Å². The molecule has 0 bridgehead atoms. The maximum atomic E-state index is 11.5. The molecule has 0 aliphatic heterocycles. The zero-order valence-corrected chi connectivity index (χ0v) is 8.64. The van der Waals surface area contributed by atoms with Gasteiger partial charge in [-0.15, -0.1) is 0 Å². The highest BCUT2D eigenvalue weighted by Crippen LogP contribution is 2.27. The van der Waals surface area contributed by atoms with Crippen molar-refractivity contribution in [2.24, 2.45) is 0 Å². The molecule has 5 nitrogen and oxygen atoms in total. The molecule has 0 unspecified atom stereocenters. The number of fused-ring (bicyclic) bond motifs is 1. The minimum absolute atomic E-state index is 0.232. The van der Waals surface area contributed by atoms with E-state index in [-0.39, 0.29) is 11.7 Å². The van der Waals surface area contributed by atoms with E-state index in [1.165, 1.54) is 12.7 Å². The van der Waals surface area contributed by atoms with Gasteiger partial charge in [0.15, 0.2) is 5.52 Å². The minimum Gasteiger partial charge on any atom is -0.488 e. The molecule has 1 aliphatic rings. The first kappa shape index (κ1) is 9.33. The molecule has 1 aliphatic carbocycles. The van der Waals surface area contributed by atoms with E-state index in [9.17, 15) is 4.79 Å². The predicted octanol–water partition coefficient (Wildman–Crippen LogP) is 1.25. The third-order valence-corrected chi connectivity index (χ3v) is 2.84. The number of aromatic nitrogens is 3. The molecule has 0 spiro atoms. The van der Waals surface area contributed by atoms with E-state index in [0.717, 1.165) is 12.8 Å². The number of hydrogen-bond donors (Lipinski definition) is 1. The molecule has 3 rings (SSSR count). The second kappa shape index (κ2) is 3.59. The average molecular weight is 217 g/mol. The summed E-state index contributed by atoms with van der Waals surface area (Å²) in [6, 6.07) is 1.76. The SMILES string of the molecule is O=c1[nH]cnc2c(OC3CCC3)ccnc12. The van der Waals surface area contributed by atoms with Gasteiger partial charge in [-0.1, -0.05) is 0 Å². The number of H-pyrrole nitrogens is 1. The molecular formula is C11H11N3O2. The summed E-state index contributed by atoms with van der Waals surface area (Å²) in [6.07, 6.45) is 6.58. The molecule has 2 aromatic heterocycles. The lowest BCUT2D eigenvalue weighted by atomic mass is 9.96. The molecule has 82 valence electrons. The number of rotatable bonds is 2. The fourth-order valence-corrected chi connectivity index (χ4v) is 1.71. The van der Waals surface area contributed by atoms with Crippen molar-refractivity contribution in [3.05, 3.63) is 28.9 Å². The molecule has 0 atom stereocenters. The Kier molecular flexibility index (Phi) is 2.09. The summed E-state index contributed by atoms with van der Waals surface area (Å²) < 4.78 is 5.76. The summed E-state index contributed by atoms with van der Waals surface area (Å²) in [4.78, 5) is 22.1. The second-order valence-electron chi connectivity index (χ2n) is 3.91. The van der Waals surface area contributed by atoms with Crippen LogP contribution in [-0.2, 0) is 0 Å². The Morgan fingerprint density at radius 1 is 1.31 bits per heavy atom. The number of pyridine rings is 1. The van der Waals surface area contributed by atoms with Crippen LogP contribution >= 0.6 is 0 Å². The maximum Gasteiger partial charge on any atom is 0.277 e. The van der Waals surface area contributed by atoms with Crippen molar-refractivity contribution in [1.82, 2.24) is 15.0 Å². The third kappa shape index (κ3) is 1.44. The van der Waals surface area contributed by atoms with Gasteiger partial charge in [0, 0.05) is 12.3 Å². The Morgan fingerprint density at radius 2 is 2.19 bits per heavy atom. The molecule has 1 N–H and O–H groups in total. The molecule has 2 aromatic rings. The van der Waals surface area contributed by atoms with Crippen molar-refractivity contribution >= 4 is 11.0 Å². The predicted molar refractivity (Wildman–Crippen MR) is 58.4 cm³/mol. The Labute approximate surface area is 91.5 Å². The van der Waals surface area contributed by atoms with Crippen molar-refractivity contribution in [2.45, 2.75) is 25.4 Å². The molecule has 0 saturated heterocycles. The lowest BCUT2D eigenvalue weighted by molar-refractivity contribution is 0.122. The van der Waals surface area contributed by atoms with Gasteiger partial charge in [0.1, 0.15) is 11.3 Å². The zero-order valence-electron chi connectivity index (χ0n) is 8.64. The summed E-state index contributed by atoms with van der Waals surface area (Å²) in [5.74, 6) is 0.654. The monoisotopic (exact) mass is 217 g/mol. The highest BCUT2D eigenvalue weighted by atomic mass is 16.5. The van der Waals surface area contributed by atoms with Crippen LogP contribution < -0.4 is 10.3 Å². The zero-order chi connectivity index (χ0) is 11.0. The van der Waals surface area contributed by atoms with Gasteiger partial charge in [0.25, 0.3) is 5.56 Å². The van der Waals surface area contributed by atoms with Crippen molar-refractivity contribution < 1.29 is 4.74 Å². The van der Waals surface area contributed by atoms with Gasteiger partial charge >= 0.3 is 0 Å². The van der Waals surface area contributed by atoms with Gasteiger partial charge in [-0.3, -0.25) is 4.79 Å². The fraction of sp³-hybridized carbons (Fsp3) is 0.364. The van der Waals surface area contributed by atoms with Crippen LogP contribution in [0.5, 0.6) is 5.75 Å². The molecule has 0 radical (unpaired) electrons. The van der Waals surface area contributed by atoms with E-state index < -0.39 is 0 Å².